The molecule has 0 bridgehead atoms. The molecule has 3 aromatic rings. The molecule has 0 saturated carbocycles. The molecule has 3 aliphatic rings. The normalized spacial score (nSPS) is 22.4. The van der Waals surface area contributed by atoms with E-state index >= 15 is 0 Å². The third-order valence-electron chi connectivity index (χ3n) is 7.27. The summed E-state index contributed by atoms with van der Waals surface area (Å²) in [5, 5.41) is 7.12. The number of piperidine rings is 1. The second-order valence-electron chi connectivity index (χ2n) is 9.61. The maximum atomic E-state index is 14.0. The molecule has 3 aliphatic heterocycles. The second-order valence-corrected chi connectivity index (χ2v) is 9.61. The summed E-state index contributed by atoms with van der Waals surface area (Å²) in [7, 11) is 0. The lowest BCUT2D eigenvalue weighted by Gasteiger charge is -2.32. The predicted molar refractivity (Wildman–Crippen MR) is 128 cm³/mol. The molecule has 0 aromatic carbocycles. The zero-order valence-electron chi connectivity index (χ0n) is 19.7. The smallest absolute Gasteiger partial charge is 0.378 e. The zero-order valence-corrected chi connectivity index (χ0v) is 19.7. The van der Waals surface area contributed by atoms with E-state index in [1.165, 1.54) is 6.20 Å². The molecule has 1 atom stereocenters. The SMILES string of the molecule is FC(F)(F)c1cnc(NC2COC3(CCNCC3)C2)nc1-c1c[nH]c2nc(N3CCOCC3)ccc12. The van der Waals surface area contributed by atoms with E-state index in [2.05, 4.69) is 35.5 Å². The van der Waals surface area contributed by atoms with Crippen LogP contribution in [-0.4, -0.2) is 77.6 Å². The minimum atomic E-state index is -4.60. The van der Waals surface area contributed by atoms with Gasteiger partial charge in [-0.05, 0) is 44.5 Å². The van der Waals surface area contributed by atoms with Crippen molar-refractivity contribution in [2.45, 2.75) is 37.1 Å². The molecule has 36 heavy (non-hydrogen) atoms. The second kappa shape index (κ2) is 9.16. The fourth-order valence-electron chi connectivity index (χ4n) is 5.37. The summed E-state index contributed by atoms with van der Waals surface area (Å²) in [5.74, 6) is 0.915. The molecule has 3 saturated heterocycles. The fraction of sp³-hybridized carbons (Fsp3) is 0.542. The molecule has 12 heteroatoms. The van der Waals surface area contributed by atoms with Gasteiger partial charge in [0, 0.05) is 36.4 Å². The highest BCUT2D eigenvalue weighted by atomic mass is 19.4. The first-order valence-corrected chi connectivity index (χ1v) is 12.3. The summed E-state index contributed by atoms with van der Waals surface area (Å²) in [6.45, 7) is 4.94. The molecule has 0 aliphatic carbocycles. The van der Waals surface area contributed by atoms with Gasteiger partial charge in [-0.1, -0.05) is 0 Å². The van der Waals surface area contributed by atoms with Crippen molar-refractivity contribution in [1.82, 2.24) is 25.3 Å². The van der Waals surface area contributed by atoms with Gasteiger partial charge >= 0.3 is 6.18 Å². The van der Waals surface area contributed by atoms with E-state index in [1.54, 1.807) is 6.07 Å². The minimum absolute atomic E-state index is 0.0617. The molecule has 0 radical (unpaired) electrons. The Morgan fingerprint density at radius 3 is 2.69 bits per heavy atom. The number of aromatic nitrogens is 4. The van der Waals surface area contributed by atoms with Crippen molar-refractivity contribution >= 4 is 22.8 Å². The van der Waals surface area contributed by atoms with Crippen LogP contribution in [0.3, 0.4) is 0 Å². The van der Waals surface area contributed by atoms with Crippen molar-refractivity contribution in [1.29, 1.82) is 0 Å². The molecule has 3 aromatic heterocycles. The molecule has 3 fully saturated rings. The number of ether oxygens (including phenoxy) is 2. The van der Waals surface area contributed by atoms with Crippen LogP contribution in [-0.2, 0) is 15.7 Å². The van der Waals surface area contributed by atoms with E-state index in [-0.39, 0.29) is 23.3 Å². The molecular formula is C24H28F3N7O2. The molecule has 9 nitrogen and oxygen atoms in total. The standard InChI is InChI=1S/C24H28F3N7O2/c25-24(26,27)18-13-30-22(31-15-11-23(36-14-15)3-5-28-6-4-23)33-20(18)17-12-29-21-16(17)1-2-19(32-21)34-7-9-35-10-8-34/h1-2,12-13,15,28H,3-11,14H2,(H,29,32)(H,30,31,33). The Morgan fingerprint density at radius 1 is 1.11 bits per heavy atom. The summed E-state index contributed by atoms with van der Waals surface area (Å²) in [6.07, 6.45) is 0.391. The van der Waals surface area contributed by atoms with Crippen molar-refractivity contribution in [3.8, 4) is 11.3 Å². The lowest BCUT2D eigenvalue weighted by atomic mass is 9.88. The number of halogens is 3. The van der Waals surface area contributed by atoms with Crippen LogP contribution in [0.2, 0.25) is 0 Å². The van der Waals surface area contributed by atoms with Crippen LogP contribution in [0, 0.1) is 0 Å². The lowest BCUT2D eigenvalue weighted by Crippen LogP contribution is -2.41. The van der Waals surface area contributed by atoms with Crippen LogP contribution >= 0.6 is 0 Å². The zero-order chi connectivity index (χ0) is 24.8. The first kappa shape index (κ1) is 23.4. The topological polar surface area (TPSA) is 100 Å². The largest absolute Gasteiger partial charge is 0.419 e. The van der Waals surface area contributed by atoms with E-state index in [1.807, 2.05) is 6.07 Å². The summed E-state index contributed by atoms with van der Waals surface area (Å²) in [6, 6.07) is 3.56. The van der Waals surface area contributed by atoms with Gasteiger partial charge in [0.25, 0.3) is 0 Å². The van der Waals surface area contributed by atoms with Crippen molar-refractivity contribution in [3.63, 3.8) is 0 Å². The van der Waals surface area contributed by atoms with E-state index in [0.717, 1.165) is 44.4 Å². The Kier molecular flexibility index (Phi) is 5.97. The van der Waals surface area contributed by atoms with E-state index in [9.17, 15) is 13.2 Å². The number of nitrogens with one attached hydrogen (secondary N) is 3. The predicted octanol–water partition coefficient (Wildman–Crippen LogP) is 3.20. The summed E-state index contributed by atoms with van der Waals surface area (Å²) in [4.78, 5) is 18.1. The lowest BCUT2D eigenvalue weighted by molar-refractivity contribution is -0.137. The Hall–Kier alpha value is -2.96. The molecule has 6 rings (SSSR count). The number of hydrogen-bond donors (Lipinski definition) is 3. The molecule has 3 N–H and O–H groups in total. The summed E-state index contributed by atoms with van der Waals surface area (Å²) >= 11 is 0. The monoisotopic (exact) mass is 503 g/mol. The molecule has 6 heterocycles. The first-order chi connectivity index (χ1) is 17.4. The number of alkyl halides is 3. The Morgan fingerprint density at radius 2 is 1.92 bits per heavy atom. The maximum absolute atomic E-state index is 14.0. The molecule has 1 spiro atoms. The average molecular weight is 504 g/mol. The number of H-pyrrole nitrogens is 1. The van der Waals surface area contributed by atoms with Gasteiger partial charge in [0.2, 0.25) is 5.95 Å². The summed E-state index contributed by atoms with van der Waals surface area (Å²) in [5.41, 5.74) is -0.404. The van der Waals surface area contributed by atoms with Crippen LogP contribution in [0.5, 0.6) is 0 Å². The van der Waals surface area contributed by atoms with Crippen molar-refractivity contribution in [2.75, 3.05) is 56.2 Å². The van der Waals surface area contributed by atoms with Crippen LogP contribution < -0.4 is 15.5 Å². The number of aromatic amines is 1. The van der Waals surface area contributed by atoms with Gasteiger partial charge in [0.15, 0.2) is 0 Å². The van der Waals surface area contributed by atoms with Gasteiger partial charge < -0.3 is 30.0 Å². The van der Waals surface area contributed by atoms with Crippen molar-refractivity contribution in [2.24, 2.45) is 0 Å². The quantitative estimate of drug-likeness (QED) is 0.499. The van der Waals surface area contributed by atoms with Gasteiger partial charge in [-0.3, -0.25) is 0 Å². The number of fused-ring (bicyclic) bond motifs is 1. The third-order valence-corrected chi connectivity index (χ3v) is 7.27. The van der Waals surface area contributed by atoms with Crippen LogP contribution in [0.4, 0.5) is 24.9 Å². The Bertz CT molecular complexity index is 1240. The molecular weight excluding hydrogens is 475 g/mol. The van der Waals surface area contributed by atoms with E-state index in [4.69, 9.17) is 9.47 Å². The van der Waals surface area contributed by atoms with Gasteiger partial charge in [0.1, 0.15) is 17.0 Å². The van der Waals surface area contributed by atoms with Gasteiger partial charge in [-0.25, -0.2) is 15.0 Å². The van der Waals surface area contributed by atoms with E-state index in [0.29, 0.717) is 49.5 Å². The molecule has 192 valence electrons. The number of anilines is 2. The fourth-order valence-corrected chi connectivity index (χ4v) is 5.37. The Labute approximate surface area is 205 Å². The number of pyridine rings is 1. The summed E-state index contributed by atoms with van der Waals surface area (Å²) < 4.78 is 53.4. The van der Waals surface area contributed by atoms with Crippen LogP contribution in [0.15, 0.2) is 24.5 Å². The number of rotatable bonds is 4. The third kappa shape index (κ3) is 4.48. The molecule has 0 amide bonds. The average Bonchev–Trinajstić information content (AvgIpc) is 3.48. The number of morpholine rings is 1. The molecule has 1 unspecified atom stereocenters. The maximum Gasteiger partial charge on any atom is 0.419 e. The van der Waals surface area contributed by atoms with Crippen LogP contribution in [0.1, 0.15) is 24.8 Å². The van der Waals surface area contributed by atoms with Crippen LogP contribution in [0.25, 0.3) is 22.3 Å². The van der Waals surface area contributed by atoms with Gasteiger partial charge in [-0.2, -0.15) is 13.2 Å². The highest BCUT2D eigenvalue weighted by molar-refractivity contribution is 5.94. The minimum Gasteiger partial charge on any atom is -0.378 e. The van der Waals surface area contributed by atoms with Gasteiger partial charge in [-0.15, -0.1) is 0 Å². The first-order valence-electron chi connectivity index (χ1n) is 12.3. The van der Waals surface area contributed by atoms with Gasteiger partial charge in [0.05, 0.1) is 37.2 Å². The van der Waals surface area contributed by atoms with Crippen molar-refractivity contribution in [3.05, 3.63) is 30.1 Å². The number of nitrogens with zero attached hydrogens (tertiary/aromatic N) is 4. The number of hydrogen-bond acceptors (Lipinski definition) is 8. The highest BCUT2D eigenvalue weighted by Gasteiger charge is 2.42. The highest BCUT2D eigenvalue weighted by Crippen LogP contribution is 2.39. The Balaban J connectivity index is 1.30. The van der Waals surface area contributed by atoms with E-state index < -0.39 is 11.7 Å². The van der Waals surface area contributed by atoms with Crippen molar-refractivity contribution < 1.29 is 22.6 Å².